The van der Waals surface area contributed by atoms with Crippen LogP contribution in [0.3, 0.4) is 0 Å². The summed E-state index contributed by atoms with van der Waals surface area (Å²) in [7, 11) is 2.86. The first kappa shape index (κ1) is 44.8. The van der Waals surface area contributed by atoms with Gasteiger partial charge in [-0.05, 0) is 62.2 Å². The van der Waals surface area contributed by atoms with Crippen LogP contribution in [0.15, 0.2) is 52.9 Å². The standard InChI is InChI=1S/C39H48N4O14/c1-6-9-10-11-25(28(7-2)43(22-44)57-39(52)24-13-15-30(53-4)33(19-24)54-5)35(47)40-21-41-37(49)31-17-16-29(56-31)23-12-14-26(32(18-23)55-8-3)36(48)42-27(38(50)51)20-34(45)46/h12-19,22,25,27-28H,6-11,20-21H2,1-5H3,(H,40,47)(H,41,49)(H,42,48)(H,45,46)(H,50,51)/t25-,27+,28-/m1/s1. The van der Waals surface area contributed by atoms with Gasteiger partial charge in [0.2, 0.25) is 12.3 Å². The van der Waals surface area contributed by atoms with Gasteiger partial charge in [0.15, 0.2) is 17.3 Å². The molecule has 4 amide bonds. The summed E-state index contributed by atoms with van der Waals surface area (Å²) in [6, 6.07) is 9.02. The topological polar surface area (TPSA) is 249 Å². The van der Waals surface area contributed by atoms with E-state index in [-0.39, 0.29) is 53.8 Å². The third kappa shape index (κ3) is 12.5. The number of carboxylic acid groups (broad SMARTS) is 2. The largest absolute Gasteiger partial charge is 0.493 e. The molecule has 3 atom stereocenters. The van der Waals surface area contributed by atoms with Gasteiger partial charge in [-0.25, -0.2) is 9.59 Å². The molecule has 0 spiro atoms. The minimum atomic E-state index is -1.67. The lowest BCUT2D eigenvalue weighted by Gasteiger charge is -2.31. The number of carbonyl (C=O) groups is 7. The Balaban J connectivity index is 1.70. The van der Waals surface area contributed by atoms with E-state index in [1.807, 2.05) is 6.92 Å². The second-order valence-electron chi connectivity index (χ2n) is 12.5. The molecular formula is C39H48N4O14. The Morgan fingerprint density at radius 3 is 2.21 bits per heavy atom. The highest BCUT2D eigenvalue weighted by molar-refractivity contribution is 6.00. The number of carboxylic acids is 2. The molecule has 57 heavy (non-hydrogen) atoms. The van der Waals surface area contributed by atoms with E-state index in [1.165, 1.54) is 62.8 Å². The molecule has 0 saturated heterocycles. The highest BCUT2D eigenvalue weighted by Gasteiger charge is 2.34. The highest BCUT2D eigenvalue weighted by atomic mass is 16.7. The number of rotatable bonds is 24. The van der Waals surface area contributed by atoms with Crippen molar-refractivity contribution in [3.63, 3.8) is 0 Å². The molecule has 1 aromatic heterocycles. The summed E-state index contributed by atoms with van der Waals surface area (Å²) >= 11 is 0. The number of amides is 4. The Labute approximate surface area is 328 Å². The van der Waals surface area contributed by atoms with E-state index in [9.17, 15) is 38.7 Å². The van der Waals surface area contributed by atoms with E-state index >= 15 is 0 Å². The average molecular weight is 797 g/mol. The third-order valence-electron chi connectivity index (χ3n) is 8.71. The molecule has 0 aliphatic heterocycles. The molecule has 1 heterocycles. The molecule has 0 saturated carbocycles. The van der Waals surface area contributed by atoms with Crippen molar-refractivity contribution < 1.29 is 67.2 Å². The molecule has 0 fully saturated rings. The molecule has 0 bridgehead atoms. The third-order valence-corrected chi connectivity index (χ3v) is 8.71. The molecule has 5 N–H and O–H groups in total. The molecule has 3 aromatic rings. The van der Waals surface area contributed by atoms with Gasteiger partial charge in [0.25, 0.3) is 11.8 Å². The number of hydrogen-bond acceptors (Lipinski definition) is 12. The summed E-state index contributed by atoms with van der Waals surface area (Å²) < 4.78 is 21.8. The van der Waals surface area contributed by atoms with Gasteiger partial charge < -0.3 is 49.6 Å². The van der Waals surface area contributed by atoms with Crippen LogP contribution in [0.4, 0.5) is 0 Å². The van der Waals surface area contributed by atoms with E-state index < -0.39 is 60.1 Å². The van der Waals surface area contributed by atoms with Gasteiger partial charge in [0.1, 0.15) is 17.6 Å². The predicted octanol–water partition coefficient (Wildman–Crippen LogP) is 4.03. The lowest BCUT2D eigenvalue weighted by molar-refractivity contribution is -0.171. The zero-order chi connectivity index (χ0) is 42.1. The Morgan fingerprint density at radius 1 is 0.860 bits per heavy atom. The summed E-state index contributed by atoms with van der Waals surface area (Å²) in [5, 5.41) is 26.6. The molecule has 308 valence electrons. The lowest BCUT2D eigenvalue weighted by Crippen LogP contribution is -2.49. The maximum absolute atomic E-state index is 13.6. The number of furan rings is 1. The number of aliphatic carboxylic acids is 2. The number of hydrogen-bond donors (Lipinski definition) is 5. The van der Waals surface area contributed by atoms with Gasteiger partial charge in [-0.3, -0.25) is 24.0 Å². The van der Waals surface area contributed by atoms with Gasteiger partial charge in [0.05, 0.1) is 57.0 Å². The van der Waals surface area contributed by atoms with E-state index in [0.717, 1.165) is 17.9 Å². The summed E-state index contributed by atoms with van der Waals surface area (Å²) in [6.07, 6.45) is 2.46. The van der Waals surface area contributed by atoms with Crippen LogP contribution in [0.1, 0.15) is 90.6 Å². The number of carbonyl (C=O) groups excluding carboxylic acids is 5. The number of benzene rings is 2. The van der Waals surface area contributed by atoms with Crippen LogP contribution in [0.25, 0.3) is 11.3 Å². The van der Waals surface area contributed by atoms with Crippen LogP contribution in [0.5, 0.6) is 17.2 Å². The van der Waals surface area contributed by atoms with Crippen LogP contribution >= 0.6 is 0 Å². The van der Waals surface area contributed by atoms with E-state index in [0.29, 0.717) is 30.6 Å². The first-order valence-electron chi connectivity index (χ1n) is 18.2. The normalized spacial score (nSPS) is 12.2. The van der Waals surface area contributed by atoms with Crippen LogP contribution in [0.2, 0.25) is 0 Å². The Bertz CT molecular complexity index is 1890. The summed E-state index contributed by atoms with van der Waals surface area (Å²) in [5.41, 5.74) is 0.433. The second kappa shape index (κ2) is 22.1. The molecule has 0 aliphatic rings. The SMILES string of the molecule is CCCCC[C@@H](C(=O)NCNC(=O)c1ccc(-c2ccc(C(=O)N[C@@H](CC(=O)O)C(=O)O)c(OCC)c2)o1)[C@@H](CC)N(C=O)OC(=O)c1ccc(OC)c(OC)c1. The monoisotopic (exact) mass is 796 g/mol. The molecule has 0 radical (unpaired) electrons. The molecule has 0 unspecified atom stereocenters. The van der Waals surface area contributed by atoms with Crippen LogP contribution in [0, 0.1) is 5.92 Å². The molecule has 3 rings (SSSR count). The number of methoxy groups -OCH3 is 2. The molecule has 18 heteroatoms. The van der Waals surface area contributed by atoms with Gasteiger partial charge in [-0.15, -0.1) is 0 Å². The molecule has 18 nitrogen and oxygen atoms in total. The Kier molecular flexibility index (Phi) is 17.4. The van der Waals surface area contributed by atoms with Gasteiger partial charge >= 0.3 is 17.9 Å². The quantitative estimate of drug-likeness (QED) is 0.0372. The summed E-state index contributed by atoms with van der Waals surface area (Å²) in [6.45, 7) is 5.24. The van der Waals surface area contributed by atoms with Crippen molar-refractivity contribution in [3.8, 4) is 28.6 Å². The highest BCUT2D eigenvalue weighted by Crippen LogP contribution is 2.30. The number of nitrogens with one attached hydrogen (secondary N) is 3. The Morgan fingerprint density at radius 2 is 1.60 bits per heavy atom. The second-order valence-corrected chi connectivity index (χ2v) is 12.5. The van der Waals surface area contributed by atoms with Crippen molar-refractivity contribution in [2.75, 3.05) is 27.5 Å². The molecule has 0 aliphatic carbocycles. The Hall–Kier alpha value is -6.59. The van der Waals surface area contributed by atoms with Crippen molar-refractivity contribution in [2.24, 2.45) is 5.92 Å². The van der Waals surface area contributed by atoms with Gasteiger partial charge in [-0.2, -0.15) is 5.06 Å². The van der Waals surface area contributed by atoms with Crippen LogP contribution < -0.4 is 30.2 Å². The van der Waals surface area contributed by atoms with Crippen molar-refractivity contribution in [3.05, 3.63) is 65.4 Å². The summed E-state index contributed by atoms with van der Waals surface area (Å²) in [4.78, 5) is 92.8. The zero-order valence-corrected chi connectivity index (χ0v) is 32.3. The van der Waals surface area contributed by atoms with Crippen molar-refractivity contribution in [1.29, 1.82) is 0 Å². The van der Waals surface area contributed by atoms with Crippen molar-refractivity contribution >= 4 is 42.0 Å². The fraction of sp³-hybridized carbons (Fsp3) is 0.410. The fourth-order valence-electron chi connectivity index (χ4n) is 5.83. The van der Waals surface area contributed by atoms with E-state index in [2.05, 4.69) is 16.0 Å². The number of ether oxygens (including phenoxy) is 3. The maximum Gasteiger partial charge on any atom is 0.363 e. The molecular weight excluding hydrogens is 748 g/mol. The van der Waals surface area contributed by atoms with Crippen molar-refractivity contribution in [2.45, 2.75) is 71.4 Å². The molecule has 2 aromatic carbocycles. The average Bonchev–Trinajstić information content (AvgIpc) is 3.70. The minimum Gasteiger partial charge on any atom is -0.493 e. The summed E-state index contributed by atoms with van der Waals surface area (Å²) in [5.74, 6) is -5.79. The van der Waals surface area contributed by atoms with E-state index in [4.69, 9.17) is 28.6 Å². The number of unbranched alkanes of at least 4 members (excludes halogenated alkanes) is 2. The lowest BCUT2D eigenvalue weighted by atomic mass is 9.90. The van der Waals surface area contributed by atoms with E-state index in [1.54, 1.807) is 13.8 Å². The minimum absolute atomic E-state index is 0.0526. The maximum atomic E-state index is 13.6. The first-order valence-corrected chi connectivity index (χ1v) is 18.2. The fourth-order valence-corrected chi connectivity index (χ4v) is 5.83. The first-order chi connectivity index (χ1) is 27.3. The predicted molar refractivity (Wildman–Crippen MR) is 202 cm³/mol. The number of hydroxylamine groups is 2. The van der Waals surface area contributed by atoms with Gasteiger partial charge in [0, 0.05) is 5.56 Å². The van der Waals surface area contributed by atoms with Crippen LogP contribution in [-0.2, 0) is 24.0 Å². The zero-order valence-electron chi connectivity index (χ0n) is 32.3. The number of nitrogens with zero attached hydrogens (tertiary/aromatic N) is 1. The van der Waals surface area contributed by atoms with Crippen LogP contribution in [-0.4, -0.2) is 96.9 Å². The smallest absolute Gasteiger partial charge is 0.363 e. The van der Waals surface area contributed by atoms with Crippen molar-refractivity contribution in [1.82, 2.24) is 21.0 Å². The van der Waals surface area contributed by atoms with Gasteiger partial charge in [-0.1, -0.05) is 39.2 Å².